The minimum Gasteiger partial charge on any atom is -0.396 e. The fraction of sp³-hybridized carbons (Fsp3) is 0.240. The number of nitriles is 1. The minimum atomic E-state index is -0.435. The molecule has 0 saturated carbocycles. The predicted octanol–water partition coefficient (Wildman–Crippen LogP) is 4.11. The van der Waals surface area contributed by atoms with Gasteiger partial charge < -0.3 is 15.0 Å². The van der Waals surface area contributed by atoms with Crippen molar-refractivity contribution in [3.8, 4) is 11.8 Å². The van der Waals surface area contributed by atoms with E-state index in [-0.39, 0.29) is 12.5 Å². The molecule has 31 heavy (non-hydrogen) atoms. The number of aromatic nitrogens is 2. The second kappa shape index (κ2) is 7.86. The number of hydrogen-bond donors (Lipinski definition) is 2. The average Bonchev–Trinajstić information content (AvgIpc) is 3.08. The van der Waals surface area contributed by atoms with Crippen molar-refractivity contribution in [3.63, 3.8) is 0 Å². The minimum absolute atomic E-state index is 0.0337. The number of fused-ring (bicyclic) bond motifs is 2. The van der Waals surface area contributed by atoms with E-state index in [0.717, 1.165) is 33.1 Å². The summed E-state index contributed by atoms with van der Waals surface area (Å²) in [7, 11) is 0. The maximum atomic E-state index is 13.4. The van der Waals surface area contributed by atoms with Crippen molar-refractivity contribution >= 4 is 27.7 Å². The summed E-state index contributed by atoms with van der Waals surface area (Å²) in [5.41, 5.74) is 3.81. The van der Waals surface area contributed by atoms with Crippen LogP contribution in [-0.4, -0.2) is 33.7 Å². The molecule has 0 aliphatic rings. The number of aliphatic hydroxyl groups is 1. The Morgan fingerprint density at radius 2 is 2.00 bits per heavy atom. The van der Waals surface area contributed by atoms with E-state index in [2.05, 4.69) is 16.4 Å². The van der Waals surface area contributed by atoms with Crippen LogP contribution >= 0.6 is 0 Å². The highest BCUT2D eigenvalue weighted by atomic mass is 16.3. The van der Waals surface area contributed by atoms with Gasteiger partial charge in [0, 0.05) is 35.5 Å². The Kier molecular flexibility index (Phi) is 5.22. The van der Waals surface area contributed by atoms with Crippen molar-refractivity contribution in [1.29, 1.82) is 5.26 Å². The number of hydrogen-bond acceptors (Lipinski definition) is 4. The summed E-state index contributed by atoms with van der Waals surface area (Å²) in [5, 5.41) is 23.7. The highest BCUT2D eigenvalue weighted by Gasteiger charge is 2.25. The van der Waals surface area contributed by atoms with Gasteiger partial charge in [0.25, 0.3) is 5.91 Å². The molecule has 0 bridgehead atoms. The van der Waals surface area contributed by atoms with Crippen molar-refractivity contribution in [1.82, 2.24) is 14.9 Å². The van der Waals surface area contributed by atoms with Crippen molar-refractivity contribution in [2.45, 2.75) is 20.8 Å². The third-order valence-electron chi connectivity index (χ3n) is 5.57. The van der Waals surface area contributed by atoms with Crippen LogP contribution in [0.1, 0.15) is 35.5 Å². The van der Waals surface area contributed by atoms with E-state index in [9.17, 15) is 15.2 Å². The Hall–Kier alpha value is -3.69. The van der Waals surface area contributed by atoms with Crippen LogP contribution in [0.15, 0.2) is 54.7 Å². The standard InChI is InChI=1S/C25H24N4O2/c1-16-19-12-17(13-26)9-10-20(19)29(23(16)24(31)28-14-25(2,3)15-30)21-8-4-6-18-7-5-11-27-22(18)21/h4-12,30H,14-15H2,1-3H3,(H,28,31). The lowest BCUT2D eigenvalue weighted by atomic mass is 9.95. The molecule has 0 aliphatic carbocycles. The van der Waals surface area contributed by atoms with Gasteiger partial charge in [-0.25, -0.2) is 0 Å². The van der Waals surface area contributed by atoms with E-state index in [1.807, 2.05) is 67.8 Å². The quantitative estimate of drug-likeness (QED) is 0.516. The summed E-state index contributed by atoms with van der Waals surface area (Å²) in [6.07, 6.45) is 1.74. The van der Waals surface area contributed by atoms with Gasteiger partial charge in [0.05, 0.1) is 28.4 Å². The van der Waals surface area contributed by atoms with Crippen LogP contribution in [0.2, 0.25) is 0 Å². The maximum Gasteiger partial charge on any atom is 0.268 e. The number of aliphatic hydroxyl groups excluding tert-OH is 1. The molecule has 2 aromatic carbocycles. The van der Waals surface area contributed by atoms with Crippen LogP contribution in [0, 0.1) is 23.7 Å². The van der Waals surface area contributed by atoms with Gasteiger partial charge in [0.2, 0.25) is 0 Å². The molecule has 0 fully saturated rings. The molecular formula is C25H24N4O2. The normalized spacial score (nSPS) is 11.6. The van der Waals surface area contributed by atoms with Crippen LogP contribution in [0.4, 0.5) is 0 Å². The monoisotopic (exact) mass is 412 g/mol. The molecule has 0 atom stereocenters. The first-order valence-electron chi connectivity index (χ1n) is 10.1. The summed E-state index contributed by atoms with van der Waals surface area (Å²) >= 11 is 0. The molecule has 156 valence electrons. The van der Waals surface area contributed by atoms with Gasteiger partial charge in [-0.3, -0.25) is 9.78 Å². The predicted molar refractivity (Wildman–Crippen MR) is 121 cm³/mol. The van der Waals surface area contributed by atoms with E-state index in [1.54, 1.807) is 12.3 Å². The van der Waals surface area contributed by atoms with Crippen LogP contribution in [-0.2, 0) is 0 Å². The van der Waals surface area contributed by atoms with E-state index in [4.69, 9.17) is 0 Å². The Bertz CT molecular complexity index is 1340. The molecule has 0 spiro atoms. The summed E-state index contributed by atoms with van der Waals surface area (Å²) in [6.45, 7) is 5.98. The highest BCUT2D eigenvalue weighted by Crippen LogP contribution is 2.32. The van der Waals surface area contributed by atoms with Crippen molar-refractivity contribution in [2.75, 3.05) is 13.2 Å². The summed E-state index contributed by atoms with van der Waals surface area (Å²) in [5.74, 6) is -0.235. The number of amides is 1. The Morgan fingerprint density at radius 1 is 1.23 bits per heavy atom. The fourth-order valence-corrected chi connectivity index (χ4v) is 3.77. The van der Waals surface area contributed by atoms with Crippen molar-refractivity contribution < 1.29 is 9.90 Å². The van der Waals surface area contributed by atoms with E-state index < -0.39 is 5.41 Å². The molecule has 6 heteroatoms. The highest BCUT2D eigenvalue weighted by molar-refractivity contribution is 6.04. The van der Waals surface area contributed by atoms with Gasteiger partial charge in [0.15, 0.2) is 0 Å². The number of benzene rings is 2. The number of rotatable bonds is 5. The molecular weight excluding hydrogens is 388 g/mol. The fourth-order valence-electron chi connectivity index (χ4n) is 3.77. The molecule has 0 unspecified atom stereocenters. The summed E-state index contributed by atoms with van der Waals surface area (Å²) in [4.78, 5) is 18.0. The molecule has 0 radical (unpaired) electrons. The lowest BCUT2D eigenvalue weighted by Crippen LogP contribution is -2.37. The van der Waals surface area contributed by atoms with Crippen LogP contribution < -0.4 is 5.32 Å². The second-order valence-electron chi connectivity index (χ2n) is 8.51. The topological polar surface area (TPSA) is 90.9 Å². The van der Waals surface area contributed by atoms with Crippen LogP contribution in [0.3, 0.4) is 0 Å². The maximum absolute atomic E-state index is 13.4. The molecule has 0 saturated heterocycles. The van der Waals surface area contributed by atoms with Crippen LogP contribution in [0.5, 0.6) is 0 Å². The second-order valence-corrected chi connectivity index (χ2v) is 8.51. The number of aryl methyl sites for hydroxylation is 1. The zero-order valence-corrected chi connectivity index (χ0v) is 17.8. The van der Waals surface area contributed by atoms with Gasteiger partial charge in [0.1, 0.15) is 5.69 Å². The SMILES string of the molecule is Cc1c(C(=O)NCC(C)(C)CO)n(-c2cccc3cccnc23)c2ccc(C#N)cc12. The largest absolute Gasteiger partial charge is 0.396 e. The third kappa shape index (κ3) is 3.65. The van der Waals surface area contributed by atoms with Crippen LogP contribution in [0.25, 0.3) is 27.5 Å². The van der Waals surface area contributed by atoms with Gasteiger partial charge in [-0.1, -0.05) is 32.0 Å². The first kappa shape index (κ1) is 20.6. The molecule has 4 aromatic rings. The molecule has 2 heterocycles. The molecule has 6 nitrogen and oxygen atoms in total. The lowest BCUT2D eigenvalue weighted by molar-refractivity contribution is 0.0904. The Labute approximate surface area is 180 Å². The van der Waals surface area contributed by atoms with Gasteiger partial charge >= 0.3 is 0 Å². The number of pyridine rings is 1. The third-order valence-corrected chi connectivity index (χ3v) is 5.57. The number of carbonyl (C=O) groups excluding carboxylic acids is 1. The molecule has 0 aliphatic heterocycles. The van der Waals surface area contributed by atoms with Crippen molar-refractivity contribution in [2.24, 2.45) is 5.41 Å². The first-order chi connectivity index (χ1) is 14.9. The first-order valence-corrected chi connectivity index (χ1v) is 10.1. The lowest BCUT2D eigenvalue weighted by Gasteiger charge is -2.22. The average molecular weight is 412 g/mol. The zero-order valence-electron chi connectivity index (χ0n) is 17.8. The van der Waals surface area contributed by atoms with Gasteiger partial charge in [-0.05, 0) is 42.8 Å². The molecule has 2 aromatic heterocycles. The Balaban J connectivity index is 1.98. The van der Waals surface area contributed by atoms with Gasteiger partial charge in [-0.2, -0.15) is 5.26 Å². The van der Waals surface area contributed by atoms with Crippen molar-refractivity contribution in [3.05, 3.63) is 71.5 Å². The number of nitrogens with one attached hydrogen (secondary N) is 1. The summed E-state index contributed by atoms with van der Waals surface area (Å²) in [6, 6.07) is 17.4. The Morgan fingerprint density at radius 3 is 2.74 bits per heavy atom. The van der Waals surface area contributed by atoms with Gasteiger partial charge in [-0.15, -0.1) is 0 Å². The number of para-hydroxylation sites is 1. The van der Waals surface area contributed by atoms with E-state index in [0.29, 0.717) is 17.8 Å². The molecule has 4 rings (SSSR count). The van der Waals surface area contributed by atoms with E-state index >= 15 is 0 Å². The smallest absolute Gasteiger partial charge is 0.268 e. The number of nitrogens with zero attached hydrogens (tertiary/aromatic N) is 3. The number of carbonyl (C=O) groups is 1. The molecule has 1 amide bonds. The zero-order chi connectivity index (χ0) is 22.2. The summed E-state index contributed by atoms with van der Waals surface area (Å²) < 4.78 is 1.92. The molecule has 2 N–H and O–H groups in total. The van der Waals surface area contributed by atoms with E-state index in [1.165, 1.54) is 0 Å².